The van der Waals surface area contributed by atoms with E-state index in [0.29, 0.717) is 28.2 Å². The van der Waals surface area contributed by atoms with Crippen LogP contribution in [0.3, 0.4) is 0 Å². The maximum absolute atomic E-state index is 11.5. The van der Waals surface area contributed by atoms with Crippen LogP contribution in [0.15, 0.2) is 46.3 Å². The van der Waals surface area contributed by atoms with E-state index >= 15 is 0 Å². The Kier molecular flexibility index (Phi) is 5.05. The van der Waals surface area contributed by atoms with Crippen LogP contribution in [-0.2, 0) is 0 Å². The number of nitrogens with zero attached hydrogens (tertiary/aromatic N) is 5. The quantitative estimate of drug-likeness (QED) is 0.361. The predicted molar refractivity (Wildman–Crippen MR) is 129 cm³/mol. The molecule has 1 saturated heterocycles. The molecular weight excluding hydrogens is 432 g/mol. The molecule has 34 heavy (non-hydrogen) atoms. The van der Waals surface area contributed by atoms with E-state index in [1.165, 1.54) is 24.9 Å². The third-order valence-electron chi connectivity index (χ3n) is 6.24. The molecule has 4 aromatic rings. The van der Waals surface area contributed by atoms with Gasteiger partial charge in [0.25, 0.3) is 0 Å². The topological polar surface area (TPSA) is 127 Å². The van der Waals surface area contributed by atoms with Gasteiger partial charge in [0, 0.05) is 35.7 Å². The molecule has 6 rings (SSSR count). The highest BCUT2D eigenvalue weighted by Gasteiger charge is 2.20. The maximum atomic E-state index is 11.5. The number of imidazole rings is 1. The average Bonchev–Trinajstić information content (AvgIpc) is 3.48. The largest absolute Gasteiger partial charge is 0.493 e. The second-order valence-electron chi connectivity index (χ2n) is 8.90. The van der Waals surface area contributed by atoms with E-state index in [0.717, 1.165) is 31.6 Å². The third-order valence-corrected chi connectivity index (χ3v) is 6.24. The van der Waals surface area contributed by atoms with Crippen LogP contribution < -0.4 is 26.6 Å². The highest BCUT2D eigenvalue weighted by Crippen LogP contribution is 2.24. The fraction of sp³-hybridized carbons (Fsp3) is 0.333. The van der Waals surface area contributed by atoms with Crippen LogP contribution in [0.25, 0.3) is 11.7 Å². The number of fused-ring (bicyclic) bond motifs is 1. The molecule has 2 fully saturated rings. The van der Waals surface area contributed by atoms with Crippen molar-refractivity contribution in [2.75, 3.05) is 23.3 Å². The molecule has 1 aliphatic heterocycles. The van der Waals surface area contributed by atoms with Crippen molar-refractivity contribution < 1.29 is 5.11 Å². The van der Waals surface area contributed by atoms with Crippen molar-refractivity contribution in [2.45, 2.75) is 38.1 Å². The van der Waals surface area contributed by atoms with Crippen LogP contribution in [0.2, 0.25) is 0 Å². The molecule has 0 atom stereocenters. The Balaban J connectivity index is 1.37. The number of benzene rings is 1. The van der Waals surface area contributed by atoms with E-state index in [-0.39, 0.29) is 11.6 Å². The lowest BCUT2D eigenvalue weighted by Gasteiger charge is -2.28. The molecule has 4 N–H and O–H groups in total. The van der Waals surface area contributed by atoms with Crippen LogP contribution in [-0.4, -0.2) is 48.8 Å². The van der Waals surface area contributed by atoms with E-state index in [9.17, 15) is 9.90 Å². The summed E-state index contributed by atoms with van der Waals surface area (Å²) in [6.07, 6.45) is 9.24. The Labute approximate surface area is 194 Å². The first-order chi connectivity index (χ1) is 16.6. The minimum absolute atomic E-state index is 0.227. The fourth-order valence-corrected chi connectivity index (χ4v) is 4.32. The van der Waals surface area contributed by atoms with Gasteiger partial charge in [-0.2, -0.15) is 9.61 Å². The summed E-state index contributed by atoms with van der Waals surface area (Å²) in [6, 6.07) is 10.6. The van der Waals surface area contributed by atoms with E-state index in [4.69, 9.17) is 9.98 Å². The Morgan fingerprint density at radius 3 is 2.62 bits per heavy atom. The van der Waals surface area contributed by atoms with Gasteiger partial charge in [0.15, 0.2) is 11.1 Å². The summed E-state index contributed by atoms with van der Waals surface area (Å²) in [5, 5.41) is 18.5. The molecular formula is C24H26N8O2. The lowest BCUT2D eigenvalue weighted by Crippen LogP contribution is -2.29. The normalized spacial score (nSPS) is 17.6. The number of hydrogen-bond acceptors (Lipinski definition) is 7. The molecule has 10 nitrogen and oxygen atoms in total. The Morgan fingerprint density at radius 2 is 1.91 bits per heavy atom. The lowest BCUT2D eigenvalue weighted by molar-refractivity contribution is 0.454. The van der Waals surface area contributed by atoms with E-state index in [1.807, 2.05) is 6.07 Å². The van der Waals surface area contributed by atoms with Crippen LogP contribution >= 0.6 is 0 Å². The summed E-state index contributed by atoms with van der Waals surface area (Å²) < 4.78 is 1.69. The Bertz CT molecular complexity index is 1510. The number of aromatic hydroxyl groups is 1. The van der Waals surface area contributed by atoms with Gasteiger partial charge in [0.2, 0.25) is 5.88 Å². The zero-order valence-corrected chi connectivity index (χ0v) is 18.7. The zero-order chi connectivity index (χ0) is 23.1. The Hall–Kier alpha value is -4.08. The first kappa shape index (κ1) is 20.5. The van der Waals surface area contributed by atoms with Gasteiger partial charge in [-0.1, -0.05) is 0 Å². The summed E-state index contributed by atoms with van der Waals surface area (Å²) >= 11 is 0. The number of nitrogens with one attached hydrogen (secondary N) is 3. The molecule has 174 valence electrons. The monoisotopic (exact) mass is 458 g/mol. The summed E-state index contributed by atoms with van der Waals surface area (Å²) in [5.74, 6) is 0.426. The standard InChI is InChI=1S/C24H26N8O2/c33-23-19(28-24(34)30-23)12-15-14-25-32-21(27-17-4-5-17)13-20(29-22(15)32)26-16-6-8-18(9-7-16)31-10-2-1-3-11-31/h6-9,12-14,17,26,33H,1-5,10-11H2,(H2,28,30,34)/b15-12-,27-21?. The van der Waals surface area contributed by atoms with Crippen LogP contribution in [0.4, 0.5) is 17.2 Å². The summed E-state index contributed by atoms with van der Waals surface area (Å²) in [5.41, 5.74) is 3.27. The van der Waals surface area contributed by atoms with Crippen molar-refractivity contribution in [2.24, 2.45) is 4.99 Å². The second kappa shape index (κ2) is 8.36. The first-order valence-electron chi connectivity index (χ1n) is 11.7. The third kappa shape index (κ3) is 4.14. The number of rotatable bonds is 5. The van der Waals surface area contributed by atoms with Crippen molar-refractivity contribution in [3.05, 3.63) is 63.4 Å². The van der Waals surface area contributed by atoms with Gasteiger partial charge in [-0.05, 0) is 62.4 Å². The van der Waals surface area contributed by atoms with Crippen LogP contribution in [0.1, 0.15) is 37.8 Å². The molecule has 0 bridgehead atoms. The molecule has 2 aliphatic rings. The van der Waals surface area contributed by atoms with Crippen molar-refractivity contribution in [1.82, 2.24) is 24.6 Å². The second-order valence-corrected chi connectivity index (χ2v) is 8.90. The molecule has 4 heterocycles. The van der Waals surface area contributed by atoms with Crippen LogP contribution in [0, 0.1) is 0 Å². The summed E-state index contributed by atoms with van der Waals surface area (Å²) in [7, 11) is 0. The molecule has 3 aromatic heterocycles. The van der Waals surface area contributed by atoms with Gasteiger partial charge in [-0.3, -0.25) is 9.98 Å². The molecule has 0 spiro atoms. The van der Waals surface area contributed by atoms with E-state index in [2.05, 4.69) is 49.5 Å². The van der Waals surface area contributed by atoms with Gasteiger partial charge in [0.05, 0.1) is 12.2 Å². The van der Waals surface area contributed by atoms with Crippen molar-refractivity contribution in [3.8, 4) is 5.88 Å². The number of H-pyrrole nitrogens is 2. The van der Waals surface area contributed by atoms with Gasteiger partial charge in [0.1, 0.15) is 11.5 Å². The van der Waals surface area contributed by atoms with Gasteiger partial charge < -0.3 is 20.3 Å². The summed E-state index contributed by atoms with van der Waals surface area (Å²) in [4.78, 5) is 28.4. The smallest absolute Gasteiger partial charge is 0.326 e. The molecule has 1 saturated carbocycles. The number of aromatic nitrogens is 5. The zero-order valence-electron chi connectivity index (χ0n) is 18.7. The minimum atomic E-state index is -0.479. The molecule has 0 unspecified atom stereocenters. The lowest BCUT2D eigenvalue weighted by atomic mass is 10.1. The maximum Gasteiger partial charge on any atom is 0.326 e. The first-order valence-corrected chi connectivity index (χ1v) is 11.7. The van der Waals surface area contributed by atoms with Gasteiger partial charge >= 0.3 is 5.69 Å². The molecule has 0 radical (unpaired) electrons. The highest BCUT2D eigenvalue weighted by atomic mass is 16.3. The van der Waals surface area contributed by atoms with Crippen molar-refractivity contribution >= 4 is 28.9 Å². The number of hydrogen-bond donors (Lipinski definition) is 4. The SMILES string of the molecule is O=c1[nH]c(O)c(/C=c2/cnn3c(=NC4CC4)cc(Nc4ccc(N5CCCCC5)cc4)nc23)[nH]1. The molecule has 10 heteroatoms. The van der Waals surface area contributed by atoms with Gasteiger partial charge in [-0.25, -0.2) is 9.78 Å². The number of anilines is 3. The van der Waals surface area contributed by atoms with Crippen LogP contribution in [0.5, 0.6) is 5.88 Å². The molecule has 1 aromatic carbocycles. The van der Waals surface area contributed by atoms with Gasteiger partial charge in [-0.15, -0.1) is 0 Å². The fourth-order valence-electron chi connectivity index (χ4n) is 4.32. The summed E-state index contributed by atoms with van der Waals surface area (Å²) in [6.45, 7) is 2.22. The number of piperidine rings is 1. The highest BCUT2D eigenvalue weighted by molar-refractivity contribution is 5.63. The Morgan fingerprint density at radius 1 is 1.12 bits per heavy atom. The van der Waals surface area contributed by atoms with Crippen molar-refractivity contribution in [3.63, 3.8) is 0 Å². The average molecular weight is 459 g/mol. The predicted octanol–water partition coefficient (Wildman–Crippen LogP) is 1.80. The van der Waals surface area contributed by atoms with Crippen molar-refractivity contribution in [1.29, 1.82) is 0 Å². The van der Waals surface area contributed by atoms with E-state index < -0.39 is 5.69 Å². The van der Waals surface area contributed by atoms with E-state index in [1.54, 1.807) is 16.8 Å². The minimum Gasteiger partial charge on any atom is -0.493 e. The number of aromatic amines is 2. The molecule has 0 amide bonds. The molecule has 1 aliphatic carbocycles.